The van der Waals surface area contributed by atoms with Crippen molar-refractivity contribution in [3.63, 3.8) is 0 Å². The van der Waals surface area contributed by atoms with Crippen LogP contribution in [-0.4, -0.2) is 29.9 Å². The number of nitrogens with zero attached hydrogens (tertiary/aromatic N) is 1. The molecule has 0 aliphatic carbocycles. The van der Waals surface area contributed by atoms with Crippen molar-refractivity contribution in [2.75, 3.05) is 6.61 Å². The molecule has 1 heterocycles. The molecule has 0 radical (unpaired) electrons. The van der Waals surface area contributed by atoms with Gasteiger partial charge in [-0.15, -0.1) is 0 Å². The van der Waals surface area contributed by atoms with Gasteiger partial charge in [0, 0.05) is 10.0 Å². The number of phenolic OH excluding ortho intramolecular Hbond substituents is 1. The van der Waals surface area contributed by atoms with Crippen LogP contribution >= 0.6 is 15.9 Å². The average Bonchev–Trinajstić information content (AvgIpc) is 2.58. The highest BCUT2D eigenvalue weighted by Gasteiger charge is 2.26. The number of carbonyl (C=O) groups is 1. The Hall–Kier alpha value is -2.54. The number of fused-ring (bicyclic) bond motifs is 1. The highest BCUT2D eigenvalue weighted by Crippen LogP contribution is 2.30. The lowest BCUT2D eigenvalue weighted by Gasteiger charge is -2.24. The number of phenols is 1. The van der Waals surface area contributed by atoms with Gasteiger partial charge in [0.15, 0.2) is 11.5 Å². The number of nitrogens with one attached hydrogen (secondary N) is 1. The third-order valence-electron chi connectivity index (χ3n) is 3.47. The van der Waals surface area contributed by atoms with Crippen LogP contribution in [0.25, 0.3) is 0 Å². The number of hydrogen-bond acceptors (Lipinski definition) is 5. The predicted octanol–water partition coefficient (Wildman–Crippen LogP) is 2.75. The molecule has 0 fully saturated rings. The van der Waals surface area contributed by atoms with Crippen molar-refractivity contribution in [1.82, 2.24) is 5.43 Å². The molecule has 2 N–H and O–H groups in total. The predicted molar refractivity (Wildman–Crippen MR) is 92.6 cm³/mol. The van der Waals surface area contributed by atoms with Crippen molar-refractivity contribution in [3.8, 4) is 17.2 Å². The number of para-hydroxylation sites is 2. The van der Waals surface area contributed by atoms with E-state index >= 15 is 0 Å². The van der Waals surface area contributed by atoms with E-state index in [9.17, 15) is 9.90 Å². The van der Waals surface area contributed by atoms with Gasteiger partial charge in [-0.3, -0.25) is 4.79 Å². The number of carbonyl (C=O) groups excluding carboxylic acids is 1. The van der Waals surface area contributed by atoms with Crippen molar-refractivity contribution >= 4 is 28.1 Å². The summed E-state index contributed by atoms with van der Waals surface area (Å²) in [5.74, 6) is 0.821. The first-order chi connectivity index (χ1) is 11.5. The summed E-state index contributed by atoms with van der Waals surface area (Å²) in [5.41, 5.74) is 3.60. The lowest BCUT2D eigenvalue weighted by atomic mass is 10.1. The average molecular weight is 391 g/mol. The molecule has 7 heteroatoms. The van der Waals surface area contributed by atoms with Gasteiger partial charge in [-0.2, -0.15) is 5.10 Å². The molecule has 1 aliphatic rings. The fourth-order valence-corrected chi connectivity index (χ4v) is 2.84. The summed E-state index contributed by atoms with van der Waals surface area (Å²) < 4.78 is 11.9. The molecule has 0 saturated heterocycles. The largest absolute Gasteiger partial charge is 0.507 e. The van der Waals surface area contributed by atoms with E-state index in [4.69, 9.17) is 9.47 Å². The van der Waals surface area contributed by atoms with Crippen LogP contribution in [-0.2, 0) is 4.79 Å². The minimum absolute atomic E-state index is 0.111. The Morgan fingerprint density at radius 2 is 2.12 bits per heavy atom. The van der Waals surface area contributed by atoms with Crippen molar-refractivity contribution in [2.24, 2.45) is 5.10 Å². The molecule has 2 aromatic rings. The van der Waals surface area contributed by atoms with Gasteiger partial charge < -0.3 is 14.6 Å². The molecule has 124 valence electrons. The molecule has 0 saturated carbocycles. The molecule has 1 atom stereocenters. The molecular formula is C17H15BrN2O4. The number of hydrazone groups is 1. The van der Waals surface area contributed by atoms with Gasteiger partial charge in [-0.25, -0.2) is 5.43 Å². The Labute approximate surface area is 147 Å². The molecule has 0 aromatic heterocycles. The molecule has 1 unspecified atom stereocenters. The van der Waals surface area contributed by atoms with Gasteiger partial charge in [0.1, 0.15) is 12.4 Å². The molecule has 1 aliphatic heterocycles. The van der Waals surface area contributed by atoms with Crippen molar-refractivity contribution in [3.05, 3.63) is 52.0 Å². The Bertz CT molecular complexity index is 807. The Kier molecular flexibility index (Phi) is 4.71. The molecule has 1 amide bonds. The van der Waals surface area contributed by atoms with Gasteiger partial charge >= 0.3 is 0 Å². The number of benzene rings is 2. The standard InChI is InChI=1S/C17H15BrN2O4/c1-10-6-12(18)7-11(16(10)21)8-19-20-17(22)15-9-23-13-4-2-3-5-14(13)24-15/h2-8,15,21H,9H2,1H3,(H,20,22). The van der Waals surface area contributed by atoms with Crippen LogP contribution < -0.4 is 14.9 Å². The molecule has 3 rings (SSSR count). The number of rotatable bonds is 3. The lowest BCUT2D eigenvalue weighted by molar-refractivity contribution is -0.130. The van der Waals surface area contributed by atoms with Crippen molar-refractivity contribution in [1.29, 1.82) is 0 Å². The lowest BCUT2D eigenvalue weighted by Crippen LogP contribution is -2.42. The van der Waals surface area contributed by atoms with Crippen molar-refractivity contribution < 1.29 is 19.4 Å². The van der Waals surface area contributed by atoms with Crippen LogP contribution in [0.5, 0.6) is 17.2 Å². The zero-order valence-corrected chi connectivity index (χ0v) is 14.4. The summed E-state index contributed by atoms with van der Waals surface area (Å²) in [7, 11) is 0. The second kappa shape index (κ2) is 6.92. The molecule has 0 spiro atoms. The zero-order valence-electron chi connectivity index (χ0n) is 12.8. The summed E-state index contributed by atoms with van der Waals surface area (Å²) in [5, 5.41) is 13.9. The maximum atomic E-state index is 12.1. The number of amides is 1. The van der Waals surface area contributed by atoms with Crippen LogP contribution in [0.3, 0.4) is 0 Å². The second-order valence-corrected chi connectivity index (χ2v) is 6.17. The maximum absolute atomic E-state index is 12.1. The molecule has 6 nitrogen and oxygen atoms in total. The Balaban J connectivity index is 1.64. The number of ether oxygens (including phenoxy) is 2. The van der Waals surface area contributed by atoms with Gasteiger partial charge in [0.05, 0.1) is 6.21 Å². The fraction of sp³-hybridized carbons (Fsp3) is 0.176. The van der Waals surface area contributed by atoms with E-state index in [0.717, 1.165) is 4.47 Å². The minimum atomic E-state index is -0.783. The molecule has 24 heavy (non-hydrogen) atoms. The first-order valence-electron chi connectivity index (χ1n) is 7.25. The van der Waals surface area contributed by atoms with E-state index in [0.29, 0.717) is 22.6 Å². The van der Waals surface area contributed by atoms with E-state index in [1.165, 1.54) is 6.21 Å². The van der Waals surface area contributed by atoms with Gasteiger partial charge in [0.25, 0.3) is 5.91 Å². The van der Waals surface area contributed by atoms with E-state index < -0.39 is 12.0 Å². The highest BCUT2D eigenvalue weighted by molar-refractivity contribution is 9.10. The maximum Gasteiger partial charge on any atom is 0.284 e. The molecular weight excluding hydrogens is 376 g/mol. The summed E-state index contributed by atoms with van der Waals surface area (Å²) in [4.78, 5) is 12.1. The number of aromatic hydroxyl groups is 1. The van der Waals surface area contributed by atoms with E-state index in [1.807, 2.05) is 6.07 Å². The van der Waals surface area contributed by atoms with E-state index in [2.05, 4.69) is 26.5 Å². The monoisotopic (exact) mass is 390 g/mol. The first-order valence-corrected chi connectivity index (χ1v) is 8.04. The first kappa shape index (κ1) is 16.3. The van der Waals surface area contributed by atoms with Gasteiger partial charge in [0.2, 0.25) is 6.10 Å². The Morgan fingerprint density at radius 3 is 2.92 bits per heavy atom. The Morgan fingerprint density at radius 1 is 1.38 bits per heavy atom. The smallest absolute Gasteiger partial charge is 0.284 e. The van der Waals surface area contributed by atoms with Crippen LogP contribution in [0.4, 0.5) is 0 Å². The summed E-state index contributed by atoms with van der Waals surface area (Å²) >= 11 is 3.35. The third-order valence-corrected chi connectivity index (χ3v) is 3.93. The van der Waals surface area contributed by atoms with E-state index in [1.54, 1.807) is 37.3 Å². The van der Waals surface area contributed by atoms with E-state index in [-0.39, 0.29) is 12.4 Å². The minimum Gasteiger partial charge on any atom is -0.507 e. The molecule has 2 aromatic carbocycles. The van der Waals surface area contributed by atoms with Gasteiger partial charge in [-0.1, -0.05) is 28.1 Å². The number of aryl methyl sites for hydroxylation is 1. The summed E-state index contributed by atoms with van der Waals surface area (Å²) in [6.45, 7) is 1.89. The number of halogens is 1. The molecule has 0 bridgehead atoms. The van der Waals surface area contributed by atoms with Crippen LogP contribution in [0, 0.1) is 6.92 Å². The second-order valence-electron chi connectivity index (χ2n) is 5.26. The highest BCUT2D eigenvalue weighted by atomic mass is 79.9. The summed E-state index contributed by atoms with van der Waals surface area (Å²) in [6, 6.07) is 10.6. The summed E-state index contributed by atoms with van der Waals surface area (Å²) in [6.07, 6.45) is 0.595. The van der Waals surface area contributed by atoms with Crippen LogP contribution in [0.15, 0.2) is 46.0 Å². The van der Waals surface area contributed by atoms with Crippen LogP contribution in [0.2, 0.25) is 0 Å². The topological polar surface area (TPSA) is 80.2 Å². The van der Waals surface area contributed by atoms with Crippen LogP contribution in [0.1, 0.15) is 11.1 Å². The van der Waals surface area contributed by atoms with Crippen molar-refractivity contribution in [2.45, 2.75) is 13.0 Å². The SMILES string of the molecule is Cc1cc(Br)cc(C=NNC(=O)C2COc3ccccc3O2)c1O. The third kappa shape index (κ3) is 3.51. The normalized spacial score (nSPS) is 16.2. The van der Waals surface area contributed by atoms with Gasteiger partial charge in [-0.05, 0) is 36.8 Å². The number of hydrogen-bond donors (Lipinski definition) is 2. The quantitative estimate of drug-likeness (QED) is 0.623. The fourth-order valence-electron chi connectivity index (χ4n) is 2.25. The zero-order chi connectivity index (χ0) is 17.1.